The van der Waals surface area contributed by atoms with E-state index in [1.54, 1.807) is 0 Å². The van der Waals surface area contributed by atoms with E-state index < -0.39 is 17.2 Å². The number of rotatable bonds is 7. The third kappa shape index (κ3) is 8.59. The first kappa shape index (κ1) is 15.3. The Balaban J connectivity index is 3.86. The van der Waals surface area contributed by atoms with Gasteiger partial charge in [0.15, 0.2) is 0 Å². The largest absolute Gasteiger partial charge is 0.481 e. The normalized spacial score (nSPS) is 13.4. The summed E-state index contributed by atoms with van der Waals surface area (Å²) in [6, 6.07) is 0. The van der Waals surface area contributed by atoms with Gasteiger partial charge in [0, 0.05) is 0 Å². The van der Waals surface area contributed by atoms with Gasteiger partial charge < -0.3 is 10.2 Å². The predicted octanol–water partition coefficient (Wildman–Crippen LogP) is 2.47. The summed E-state index contributed by atoms with van der Waals surface area (Å²) in [5.41, 5.74) is 0.242. The predicted molar refractivity (Wildman–Crippen MR) is 64.8 cm³/mol. The van der Waals surface area contributed by atoms with E-state index in [9.17, 15) is 9.59 Å². The molecular weight excluding hydrogens is 228 g/mol. The lowest BCUT2D eigenvalue weighted by atomic mass is 9.91. The van der Waals surface area contributed by atoms with Crippen molar-refractivity contribution in [2.75, 3.05) is 5.75 Å². The van der Waals surface area contributed by atoms with E-state index in [4.69, 9.17) is 10.2 Å². The average Bonchev–Trinajstić information content (AvgIpc) is 2.07. The molecule has 0 aromatic heterocycles. The Morgan fingerprint density at radius 3 is 2.19 bits per heavy atom. The zero-order chi connectivity index (χ0) is 12.8. The Kier molecular flexibility index (Phi) is 6.48. The van der Waals surface area contributed by atoms with Crippen molar-refractivity contribution >= 4 is 23.7 Å². The van der Waals surface area contributed by atoms with Gasteiger partial charge in [-0.25, -0.2) is 0 Å². The maximum Gasteiger partial charge on any atom is 0.317 e. The van der Waals surface area contributed by atoms with Crippen LogP contribution in [0, 0.1) is 5.41 Å². The number of carboxylic acids is 2. The van der Waals surface area contributed by atoms with Crippen LogP contribution in [-0.2, 0) is 9.59 Å². The number of hydrogen-bond acceptors (Lipinski definition) is 3. The van der Waals surface area contributed by atoms with Crippen LogP contribution in [0.1, 0.15) is 40.0 Å². The summed E-state index contributed by atoms with van der Waals surface area (Å²) in [5, 5.41) is 16.5. The lowest BCUT2D eigenvalue weighted by Crippen LogP contribution is -2.21. The van der Waals surface area contributed by atoms with Crippen molar-refractivity contribution in [1.29, 1.82) is 0 Å². The number of hydrogen-bond donors (Lipinski definition) is 2. The van der Waals surface area contributed by atoms with Gasteiger partial charge in [0.2, 0.25) is 0 Å². The minimum Gasteiger partial charge on any atom is -0.481 e. The summed E-state index contributed by atoms with van der Waals surface area (Å²) in [6.07, 6.45) is 1.62. The molecule has 94 valence electrons. The van der Waals surface area contributed by atoms with E-state index in [1.165, 1.54) is 11.8 Å². The zero-order valence-electron chi connectivity index (χ0n) is 10.0. The van der Waals surface area contributed by atoms with Gasteiger partial charge in [-0.15, -0.1) is 11.8 Å². The van der Waals surface area contributed by atoms with Crippen molar-refractivity contribution in [3.05, 3.63) is 0 Å². The molecule has 0 bridgehead atoms. The van der Waals surface area contributed by atoms with Crippen LogP contribution in [0.5, 0.6) is 0 Å². The lowest BCUT2D eigenvalue weighted by molar-refractivity contribution is -0.142. The molecule has 5 heteroatoms. The average molecular weight is 248 g/mol. The minimum atomic E-state index is -1.06. The maximum absolute atomic E-state index is 10.7. The van der Waals surface area contributed by atoms with Crippen molar-refractivity contribution in [3.63, 3.8) is 0 Å². The number of carboxylic acid groups (broad SMARTS) is 2. The van der Waals surface area contributed by atoms with E-state index in [-0.39, 0.29) is 11.8 Å². The van der Waals surface area contributed by atoms with Crippen molar-refractivity contribution in [2.45, 2.75) is 45.3 Å². The van der Waals surface area contributed by atoms with Gasteiger partial charge in [-0.2, -0.15) is 0 Å². The van der Waals surface area contributed by atoms with E-state index in [0.717, 1.165) is 12.8 Å². The summed E-state index contributed by atoms with van der Waals surface area (Å²) < 4.78 is 0. The fourth-order valence-corrected chi connectivity index (χ4v) is 2.20. The van der Waals surface area contributed by atoms with Crippen LogP contribution in [0.25, 0.3) is 0 Å². The molecule has 1 atom stereocenters. The summed E-state index contributed by atoms with van der Waals surface area (Å²) in [7, 11) is 0. The fourth-order valence-electron chi connectivity index (χ4n) is 1.20. The van der Waals surface area contributed by atoms with Gasteiger partial charge >= 0.3 is 11.9 Å². The van der Waals surface area contributed by atoms with Crippen molar-refractivity contribution in [2.24, 2.45) is 5.41 Å². The molecule has 0 radical (unpaired) electrons. The lowest BCUT2D eigenvalue weighted by Gasteiger charge is -2.18. The van der Waals surface area contributed by atoms with E-state index in [2.05, 4.69) is 20.8 Å². The van der Waals surface area contributed by atoms with E-state index >= 15 is 0 Å². The van der Waals surface area contributed by atoms with Crippen molar-refractivity contribution in [1.82, 2.24) is 0 Å². The van der Waals surface area contributed by atoms with Gasteiger partial charge in [-0.1, -0.05) is 20.8 Å². The van der Waals surface area contributed by atoms with Gasteiger partial charge in [0.05, 0.1) is 6.42 Å². The second-order valence-electron chi connectivity index (χ2n) is 4.96. The third-order valence-corrected chi connectivity index (χ3v) is 3.32. The van der Waals surface area contributed by atoms with Gasteiger partial charge in [0.25, 0.3) is 0 Å². The maximum atomic E-state index is 10.7. The Hall–Kier alpha value is -0.710. The summed E-state index contributed by atoms with van der Waals surface area (Å²) in [4.78, 5) is 21.2. The number of carbonyl (C=O) groups is 2. The highest BCUT2D eigenvalue weighted by atomic mass is 32.2. The van der Waals surface area contributed by atoms with Crippen LogP contribution in [0.15, 0.2) is 0 Å². The second-order valence-corrected chi connectivity index (χ2v) is 6.27. The Labute approximate surface area is 100 Å². The molecule has 0 fully saturated rings. The van der Waals surface area contributed by atoms with Crippen LogP contribution in [-0.4, -0.2) is 33.2 Å². The molecule has 2 N–H and O–H groups in total. The Morgan fingerprint density at radius 1 is 1.25 bits per heavy atom. The van der Waals surface area contributed by atoms with Gasteiger partial charge in [-0.3, -0.25) is 9.59 Å². The van der Waals surface area contributed by atoms with Crippen LogP contribution in [0.3, 0.4) is 0 Å². The Morgan fingerprint density at radius 2 is 1.81 bits per heavy atom. The molecule has 0 rings (SSSR count). The number of aliphatic carboxylic acids is 2. The first-order valence-electron chi connectivity index (χ1n) is 5.28. The number of thioether (sulfide) groups is 1. The highest BCUT2D eigenvalue weighted by Gasteiger charge is 2.21. The van der Waals surface area contributed by atoms with Crippen molar-refractivity contribution in [3.8, 4) is 0 Å². The summed E-state index contributed by atoms with van der Waals surface area (Å²) in [5.74, 6) is -1.40. The molecule has 0 aliphatic rings. The highest BCUT2D eigenvalue weighted by molar-refractivity contribution is 8.00. The zero-order valence-corrected chi connectivity index (χ0v) is 10.8. The van der Waals surface area contributed by atoms with Crippen LogP contribution in [0.4, 0.5) is 0 Å². The van der Waals surface area contributed by atoms with E-state index in [0.29, 0.717) is 5.75 Å². The molecule has 4 nitrogen and oxygen atoms in total. The SMILES string of the molecule is CC(C)(C)CCCSC(CC(=O)O)C(=O)O. The molecule has 0 spiro atoms. The topological polar surface area (TPSA) is 74.6 Å². The van der Waals surface area contributed by atoms with Crippen LogP contribution < -0.4 is 0 Å². The molecule has 0 aromatic carbocycles. The van der Waals surface area contributed by atoms with Gasteiger partial charge in [0.1, 0.15) is 5.25 Å². The minimum absolute atomic E-state index is 0.242. The fraction of sp³-hybridized carbons (Fsp3) is 0.818. The second kappa shape index (κ2) is 6.78. The third-order valence-electron chi connectivity index (χ3n) is 2.03. The Bertz CT molecular complexity index is 245. The quantitative estimate of drug-likeness (QED) is 0.677. The van der Waals surface area contributed by atoms with Gasteiger partial charge in [-0.05, 0) is 24.0 Å². The van der Waals surface area contributed by atoms with Crippen LogP contribution >= 0.6 is 11.8 Å². The molecule has 0 aliphatic carbocycles. The smallest absolute Gasteiger partial charge is 0.317 e. The molecule has 0 aliphatic heterocycles. The standard InChI is InChI=1S/C11H20O4S/c1-11(2,3)5-4-6-16-8(10(14)15)7-9(12)13/h8H,4-7H2,1-3H3,(H,12,13)(H,14,15). The first-order valence-corrected chi connectivity index (χ1v) is 6.33. The van der Waals surface area contributed by atoms with E-state index in [1.807, 2.05) is 0 Å². The molecule has 0 aromatic rings. The summed E-state index contributed by atoms with van der Waals surface area (Å²) >= 11 is 1.22. The van der Waals surface area contributed by atoms with Crippen molar-refractivity contribution < 1.29 is 19.8 Å². The first-order chi connectivity index (χ1) is 7.22. The molecular formula is C11H20O4S. The molecule has 0 saturated carbocycles. The highest BCUT2D eigenvalue weighted by Crippen LogP contribution is 2.24. The molecule has 0 amide bonds. The molecule has 0 saturated heterocycles. The van der Waals surface area contributed by atoms with Crippen LogP contribution in [0.2, 0.25) is 0 Å². The molecule has 16 heavy (non-hydrogen) atoms. The summed E-state index contributed by atoms with van der Waals surface area (Å²) in [6.45, 7) is 6.39. The molecule has 1 unspecified atom stereocenters. The molecule has 0 heterocycles. The monoisotopic (exact) mass is 248 g/mol.